The van der Waals surface area contributed by atoms with Gasteiger partial charge < -0.3 is 11.5 Å². The van der Waals surface area contributed by atoms with Crippen molar-refractivity contribution in [3.63, 3.8) is 0 Å². The van der Waals surface area contributed by atoms with E-state index in [4.69, 9.17) is 0 Å². The molecule has 1 atom stereocenters. The monoisotopic (exact) mass is 385 g/mol. The van der Waals surface area contributed by atoms with Gasteiger partial charge in [-0.05, 0) is 19.4 Å². The molecular weight excluding hydrogens is 334 g/mol. The first-order chi connectivity index (χ1) is 12.7. The Morgan fingerprint density at radius 1 is 0.667 bits per heavy atom. The van der Waals surface area contributed by atoms with Crippen LogP contribution in [0, 0.1) is 0 Å². The average Bonchev–Trinajstić information content (AvgIpc) is 2.64. The number of carbonyl (C=O) groups excluding carboxylic acids is 1. The lowest BCUT2D eigenvalue weighted by molar-refractivity contribution is -0.122. The Morgan fingerprint density at radius 3 is 1.44 bits per heavy atom. The van der Waals surface area contributed by atoms with Gasteiger partial charge in [-0.25, -0.2) is 0 Å². The molecule has 0 aliphatic heterocycles. The molecule has 0 aliphatic rings. The second-order valence-corrected chi connectivity index (χ2v) is 7.79. The number of rotatable bonds is 20. The van der Waals surface area contributed by atoms with Crippen LogP contribution in [0.25, 0.3) is 0 Å². The third-order valence-electron chi connectivity index (χ3n) is 5.20. The van der Waals surface area contributed by atoms with Crippen molar-refractivity contribution in [2.75, 3.05) is 6.54 Å². The Morgan fingerprint density at radius 2 is 1.07 bits per heavy atom. The molecular formula is C23H51N3O. The van der Waals surface area contributed by atoms with E-state index < -0.39 is 0 Å². The number of amides is 1. The molecule has 0 saturated heterocycles. The topological polar surface area (TPSA) is 76.1 Å². The van der Waals surface area contributed by atoms with E-state index >= 15 is 0 Å². The first kappa shape index (κ1) is 28.6. The van der Waals surface area contributed by atoms with Gasteiger partial charge in [0.25, 0.3) is 0 Å². The predicted molar refractivity (Wildman–Crippen MR) is 120 cm³/mol. The van der Waals surface area contributed by atoms with E-state index in [1.54, 1.807) is 0 Å². The first-order valence-corrected chi connectivity index (χ1v) is 11.8. The molecule has 0 aliphatic carbocycles. The largest absolute Gasteiger partial charge is 0.344 e. The quantitative estimate of drug-likeness (QED) is 0.158. The summed E-state index contributed by atoms with van der Waals surface area (Å²) in [5.74, 6) is 0.201. The number of unbranched alkanes of at least 4 members (excludes halogenated alkanes) is 14. The van der Waals surface area contributed by atoms with Crippen LogP contribution in [-0.4, -0.2) is 18.6 Å². The fourth-order valence-corrected chi connectivity index (χ4v) is 3.47. The SMILES string of the molecule is CCCCCCCCCCCCCCCCCC(=O)NC(CC)NCC.N. The third-order valence-corrected chi connectivity index (χ3v) is 5.20. The third kappa shape index (κ3) is 21.5. The van der Waals surface area contributed by atoms with Crippen LogP contribution in [-0.2, 0) is 4.79 Å². The molecule has 0 bridgehead atoms. The Hall–Kier alpha value is -0.610. The van der Waals surface area contributed by atoms with Crippen LogP contribution in [0.3, 0.4) is 0 Å². The molecule has 164 valence electrons. The van der Waals surface area contributed by atoms with Crippen LogP contribution in [0.15, 0.2) is 0 Å². The molecule has 0 radical (unpaired) electrons. The first-order valence-electron chi connectivity index (χ1n) is 11.8. The maximum Gasteiger partial charge on any atom is 0.221 e. The van der Waals surface area contributed by atoms with Crippen LogP contribution < -0.4 is 16.8 Å². The number of hydrogen-bond donors (Lipinski definition) is 3. The van der Waals surface area contributed by atoms with Crippen molar-refractivity contribution >= 4 is 5.91 Å². The van der Waals surface area contributed by atoms with E-state index in [2.05, 4.69) is 31.4 Å². The van der Waals surface area contributed by atoms with Crippen LogP contribution in [0.4, 0.5) is 0 Å². The van der Waals surface area contributed by atoms with Gasteiger partial charge in [0.15, 0.2) is 0 Å². The number of carbonyl (C=O) groups is 1. The van der Waals surface area contributed by atoms with Crippen molar-refractivity contribution < 1.29 is 4.79 Å². The van der Waals surface area contributed by atoms with Gasteiger partial charge in [-0.2, -0.15) is 0 Å². The molecule has 0 aromatic heterocycles. The van der Waals surface area contributed by atoms with Gasteiger partial charge in [0.2, 0.25) is 5.91 Å². The normalized spacial score (nSPS) is 11.8. The van der Waals surface area contributed by atoms with Crippen molar-refractivity contribution in [3.05, 3.63) is 0 Å². The summed E-state index contributed by atoms with van der Waals surface area (Å²) in [7, 11) is 0. The standard InChI is InChI=1S/C23H48N2O.H3N/c1-4-7-8-9-10-11-12-13-14-15-16-17-18-19-20-21-23(26)25-22(5-2)24-6-3;/h22,24H,4-21H2,1-3H3,(H,25,26);1H3. The molecule has 0 rings (SSSR count). The number of nitrogens with one attached hydrogen (secondary N) is 2. The van der Waals surface area contributed by atoms with Crippen molar-refractivity contribution in [2.45, 2.75) is 136 Å². The predicted octanol–water partition coefficient (Wildman–Crippen LogP) is 6.87. The highest BCUT2D eigenvalue weighted by molar-refractivity contribution is 5.76. The summed E-state index contributed by atoms with van der Waals surface area (Å²) in [6.45, 7) is 7.35. The summed E-state index contributed by atoms with van der Waals surface area (Å²) in [4.78, 5) is 11.9. The maximum absolute atomic E-state index is 11.9. The van der Waals surface area contributed by atoms with Gasteiger partial charge in [-0.1, -0.05) is 111 Å². The summed E-state index contributed by atoms with van der Waals surface area (Å²) < 4.78 is 0. The van der Waals surface area contributed by atoms with E-state index in [1.807, 2.05) is 0 Å². The van der Waals surface area contributed by atoms with Crippen molar-refractivity contribution in [1.29, 1.82) is 0 Å². The van der Waals surface area contributed by atoms with E-state index in [0.717, 1.165) is 19.4 Å². The lowest BCUT2D eigenvalue weighted by Gasteiger charge is -2.17. The second kappa shape index (κ2) is 23.4. The molecule has 1 unspecified atom stereocenters. The molecule has 0 aromatic carbocycles. The fourth-order valence-electron chi connectivity index (χ4n) is 3.47. The fraction of sp³-hybridized carbons (Fsp3) is 0.957. The van der Waals surface area contributed by atoms with Gasteiger partial charge >= 0.3 is 0 Å². The molecule has 4 heteroatoms. The van der Waals surface area contributed by atoms with Crippen molar-refractivity contribution in [2.24, 2.45) is 0 Å². The molecule has 5 N–H and O–H groups in total. The van der Waals surface area contributed by atoms with Gasteiger partial charge in [0, 0.05) is 6.42 Å². The Balaban J connectivity index is 0. The molecule has 0 saturated carbocycles. The lowest BCUT2D eigenvalue weighted by atomic mass is 10.0. The zero-order valence-electron chi connectivity index (χ0n) is 18.9. The minimum Gasteiger partial charge on any atom is -0.344 e. The second-order valence-electron chi connectivity index (χ2n) is 7.79. The van der Waals surface area contributed by atoms with E-state index in [9.17, 15) is 4.79 Å². The van der Waals surface area contributed by atoms with Crippen LogP contribution in [0.2, 0.25) is 0 Å². The summed E-state index contributed by atoms with van der Waals surface area (Å²) in [5, 5.41) is 6.35. The van der Waals surface area contributed by atoms with Gasteiger partial charge in [-0.3, -0.25) is 10.1 Å². The Labute approximate surface area is 170 Å². The summed E-state index contributed by atoms with van der Waals surface area (Å²) in [6, 6.07) is 0. The smallest absolute Gasteiger partial charge is 0.221 e. The average molecular weight is 386 g/mol. The van der Waals surface area contributed by atoms with Gasteiger partial charge in [-0.15, -0.1) is 0 Å². The highest BCUT2D eigenvalue weighted by Crippen LogP contribution is 2.13. The highest BCUT2D eigenvalue weighted by atomic mass is 16.1. The lowest BCUT2D eigenvalue weighted by Crippen LogP contribution is -2.44. The van der Waals surface area contributed by atoms with E-state index in [-0.39, 0.29) is 18.2 Å². The molecule has 27 heavy (non-hydrogen) atoms. The number of hydrogen-bond acceptors (Lipinski definition) is 3. The van der Waals surface area contributed by atoms with Crippen LogP contribution in [0.5, 0.6) is 0 Å². The molecule has 0 spiro atoms. The van der Waals surface area contributed by atoms with Gasteiger partial charge in [0.05, 0.1) is 6.17 Å². The zero-order valence-corrected chi connectivity index (χ0v) is 18.9. The zero-order chi connectivity index (χ0) is 19.3. The molecule has 0 heterocycles. The highest BCUT2D eigenvalue weighted by Gasteiger charge is 2.07. The molecule has 4 nitrogen and oxygen atoms in total. The van der Waals surface area contributed by atoms with E-state index in [1.165, 1.54) is 89.9 Å². The summed E-state index contributed by atoms with van der Waals surface area (Å²) >= 11 is 0. The van der Waals surface area contributed by atoms with Crippen molar-refractivity contribution in [1.82, 2.24) is 16.8 Å². The Bertz CT molecular complexity index is 297. The Kier molecular flexibility index (Phi) is 24.8. The van der Waals surface area contributed by atoms with Gasteiger partial charge in [0.1, 0.15) is 0 Å². The van der Waals surface area contributed by atoms with Crippen LogP contribution in [0.1, 0.15) is 130 Å². The summed E-state index contributed by atoms with van der Waals surface area (Å²) in [5.41, 5.74) is 0. The van der Waals surface area contributed by atoms with Crippen molar-refractivity contribution in [3.8, 4) is 0 Å². The van der Waals surface area contributed by atoms with E-state index in [0.29, 0.717) is 6.42 Å². The maximum atomic E-state index is 11.9. The molecule has 0 aromatic rings. The molecule has 0 fully saturated rings. The molecule has 1 amide bonds. The minimum absolute atomic E-state index is 0. The minimum atomic E-state index is 0. The van der Waals surface area contributed by atoms with Crippen LogP contribution >= 0.6 is 0 Å². The summed E-state index contributed by atoms with van der Waals surface area (Å²) in [6.07, 6.45) is 22.2.